The number of likely N-dealkylation sites (N-methyl/N-ethyl adjacent to an activating group) is 1. The van der Waals surface area contributed by atoms with Crippen molar-refractivity contribution in [3.8, 4) is 0 Å². The second kappa shape index (κ2) is 11.0. The topological polar surface area (TPSA) is 175 Å². The molecule has 7 N–H and O–H groups in total. The third-order valence-corrected chi connectivity index (χ3v) is 4.57. The van der Waals surface area contributed by atoms with Gasteiger partial charge in [0.25, 0.3) is 0 Å². The van der Waals surface area contributed by atoms with Gasteiger partial charge in [0, 0.05) is 19.1 Å². The fourth-order valence-electron chi connectivity index (χ4n) is 3.05. The zero-order valence-corrected chi connectivity index (χ0v) is 16.7. The molecule has 3 unspecified atom stereocenters. The van der Waals surface area contributed by atoms with Crippen molar-refractivity contribution in [3.05, 3.63) is 12.7 Å². The number of rotatable bonds is 8. The monoisotopic (exact) mass is 410 g/mol. The summed E-state index contributed by atoms with van der Waals surface area (Å²) in [5.74, 6) is -0.436. The Morgan fingerprint density at radius 1 is 1.41 bits per heavy atom. The van der Waals surface area contributed by atoms with E-state index in [1.807, 2.05) is 18.7 Å². The number of nitrogens with zero attached hydrogens (tertiary/aromatic N) is 5. The number of hydrazine groups is 1. The first-order valence-electron chi connectivity index (χ1n) is 9.52. The molecule has 0 saturated carbocycles. The Balaban J connectivity index is 0.000000278. The van der Waals surface area contributed by atoms with Gasteiger partial charge >= 0.3 is 5.97 Å². The molecule has 0 bridgehead atoms. The molecule has 1 saturated heterocycles. The lowest BCUT2D eigenvalue weighted by atomic mass is 10.2. The number of hydrogen-bond donors (Lipinski definition) is 6. The summed E-state index contributed by atoms with van der Waals surface area (Å²) >= 11 is 0. The molecular formula is C17H30N8O4. The number of aliphatic carboxylic acids is 1. The Morgan fingerprint density at radius 3 is 2.72 bits per heavy atom. The molecule has 0 aromatic carbocycles. The number of aromatic nitrogens is 4. The van der Waals surface area contributed by atoms with Gasteiger partial charge in [-0.05, 0) is 19.9 Å². The predicted octanol–water partition coefficient (Wildman–Crippen LogP) is -1.59. The average molecular weight is 410 g/mol. The van der Waals surface area contributed by atoms with Crippen LogP contribution in [0.3, 0.4) is 0 Å². The first-order valence-corrected chi connectivity index (χ1v) is 9.52. The zero-order chi connectivity index (χ0) is 21.4. The average Bonchev–Trinajstić information content (AvgIpc) is 3.29. The van der Waals surface area contributed by atoms with Gasteiger partial charge < -0.3 is 25.6 Å². The van der Waals surface area contributed by atoms with E-state index in [4.69, 9.17) is 15.9 Å². The molecule has 0 amide bonds. The number of carboxylic acid groups (broad SMARTS) is 1. The van der Waals surface area contributed by atoms with Crippen molar-refractivity contribution in [2.24, 2.45) is 0 Å². The molecule has 0 radical (unpaired) electrons. The molecule has 12 nitrogen and oxygen atoms in total. The Morgan fingerprint density at radius 2 is 2.17 bits per heavy atom. The maximum atomic E-state index is 10.2. The van der Waals surface area contributed by atoms with Crippen LogP contribution >= 0.6 is 0 Å². The predicted molar refractivity (Wildman–Crippen MR) is 107 cm³/mol. The van der Waals surface area contributed by atoms with E-state index in [9.17, 15) is 9.90 Å². The Labute approximate surface area is 168 Å². The normalized spacial score (nSPS) is 19.9. The molecule has 162 valence electrons. The number of nitrogens with one attached hydrogen (secondary N) is 2. The summed E-state index contributed by atoms with van der Waals surface area (Å²) in [6.07, 6.45) is 3.04. The Kier molecular flexibility index (Phi) is 8.67. The summed E-state index contributed by atoms with van der Waals surface area (Å²) < 4.78 is 1.75. The largest absolute Gasteiger partial charge is 0.480 e. The summed E-state index contributed by atoms with van der Waals surface area (Å²) in [5.41, 5.74) is 12.4. The lowest BCUT2D eigenvalue weighted by Gasteiger charge is -2.22. The van der Waals surface area contributed by atoms with Crippen LogP contribution in [0.25, 0.3) is 11.2 Å². The van der Waals surface area contributed by atoms with Gasteiger partial charge in [0.1, 0.15) is 17.9 Å². The van der Waals surface area contributed by atoms with Gasteiger partial charge in [-0.15, -0.1) is 0 Å². The minimum absolute atomic E-state index is 0.0787. The van der Waals surface area contributed by atoms with Crippen molar-refractivity contribution in [1.29, 1.82) is 0 Å². The van der Waals surface area contributed by atoms with E-state index >= 15 is 0 Å². The molecule has 3 rings (SSSR count). The molecule has 0 aliphatic carbocycles. The molecule has 1 aliphatic rings. The molecule has 2 aromatic heterocycles. The summed E-state index contributed by atoms with van der Waals surface area (Å²) in [4.78, 5) is 24.3. The summed E-state index contributed by atoms with van der Waals surface area (Å²) in [7, 11) is 0. The highest BCUT2D eigenvalue weighted by Crippen LogP contribution is 2.15. The maximum Gasteiger partial charge on any atom is 0.322 e. The van der Waals surface area contributed by atoms with Crippen LogP contribution in [0, 0.1) is 0 Å². The Bertz CT molecular complexity index is 786. The number of aliphatic hydroxyl groups excluding tert-OH is 2. The lowest BCUT2D eigenvalue weighted by molar-refractivity contribution is -0.139. The molecule has 1 fully saturated rings. The van der Waals surface area contributed by atoms with E-state index in [-0.39, 0.29) is 12.6 Å². The van der Waals surface area contributed by atoms with Gasteiger partial charge in [-0.2, -0.15) is 0 Å². The van der Waals surface area contributed by atoms with E-state index in [0.29, 0.717) is 43.0 Å². The molecule has 2 aromatic rings. The highest BCUT2D eigenvalue weighted by molar-refractivity contribution is 5.81. The Hall–Kier alpha value is -2.38. The number of carbonyl (C=O) groups is 1. The van der Waals surface area contributed by atoms with Gasteiger partial charge in [-0.3, -0.25) is 15.1 Å². The van der Waals surface area contributed by atoms with Gasteiger partial charge in [-0.1, -0.05) is 6.92 Å². The van der Waals surface area contributed by atoms with Crippen molar-refractivity contribution >= 4 is 23.0 Å². The van der Waals surface area contributed by atoms with Crippen LogP contribution in [0.4, 0.5) is 5.82 Å². The van der Waals surface area contributed by atoms with Crippen LogP contribution in [0.5, 0.6) is 0 Å². The minimum atomic E-state index is -0.785. The van der Waals surface area contributed by atoms with E-state index < -0.39 is 18.1 Å². The van der Waals surface area contributed by atoms with Gasteiger partial charge in [0.05, 0.1) is 25.6 Å². The molecule has 3 atom stereocenters. The first kappa shape index (κ1) is 22.9. The molecule has 3 heterocycles. The number of imidazole rings is 1. The molecular weight excluding hydrogens is 380 g/mol. The van der Waals surface area contributed by atoms with E-state index in [0.717, 1.165) is 6.54 Å². The quantitative estimate of drug-likeness (QED) is 0.296. The van der Waals surface area contributed by atoms with Crippen molar-refractivity contribution in [3.63, 3.8) is 0 Å². The van der Waals surface area contributed by atoms with Crippen LogP contribution in [0.1, 0.15) is 20.3 Å². The number of nitrogens with two attached hydrogens (primary N) is 1. The third kappa shape index (κ3) is 6.58. The van der Waals surface area contributed by atoms with Crippen molar-refractivity contribution in [1.82, 2.24) is 35.3 Å². The molecule has 29 heavy (non-hydrogen) atoms. The highest BCUT2D eigenvalue weighted by Gasteiger charge is 2.25. The summed E-state index contributed by atoms with van der Waals surface area (Å²) in [6.45, 7) is 6.16. The summed E-state index contributed by atoms with van der Waals surface area (Å²) in [5, 5.41) is 27.5. The second-order valence-electron chi connectivity index (χ2n) is 6.91. The van der Waals surface area contributed by atoms with E-state index in [2.05, 4.69) is 25.8 Å². The minimum Gasteiger partial charge on any atom is -0.480 e. The summed E-state index contributed by atoms with van der Waals surface area (Å²) in [6, 6.07) is -0.133. The van der Waals surface area contributed by atoms with Crippen LogP contribution < -0.4 is 16.6 Å². The number of carboxylic acids is 1. The van der Waals surface area contributed by atoms with Gasteiger partial charge in [-0.25, -0.2) is 20.4 Å². The smallest absolute Gasteiger partial charge is 0.322 e. The standard InChI is InChI=1S/C12H20N6O2.C5H10N2O2/c1-2-17(3-4-19)5-9(20)6-18-8-16-12-10(18)11(13)14-7-15-12;1-3-2-4(5(8)9)7-6-3/h7-9,19-20H,2-6H2,1H3,(H2,13,14,15);3-4,6-7H,2H2,1H3,(H,8,9). The lowest BCUT2D eigenvalue weighted by Crippen LogP contribution is -2.36. The number of nitrogen functional groups attached to an aromatic ring is 1. The third-order valence-electron chi connectivity index (χ3n) is 4.57. The fourth-order valence-corrected chi connectivity index (χ4v) is 3.05. The number of aliphatic hydroxyl groups is 2. The van der Waals surface area contributed by atoms with Gasteiger partial charge in [0.15, 0.2) is 11.5 Å². The molecule has 0 spiro atoms. The highest BCUT2D eigenvalue weighted by atomic mass is 16.4. The number of anilines is 1. The van der Waals surface area contributed by atoms with Gasteiger partial charge in [0.2, 0.25) is 0 Å². The van der Waals surface area contributed by atoms with Crippen LogP contribution in [0.15, 0.2) is 12.7 Å². The number of hydrogen-bond acceptors (Lipinski definition) is 10. The molecule has 1 aliphatic heterocycles. The second-order valence-corrected chi connectivity index (χ2v) is 6.91. The fraction of sp³-hybridized carbons (Fsp3) is 0.647. The number of fused-ring (bicyclic) bond motifs is 1. The van der Waals surface area contributed by atoms with Crippen LogP contribution in [-0.2, 0) is 11.3 Å². The SMILES string of the molecule is CC1CC(C(=O)O)NN1.CCN(CCO)CC(O)Cn1cnc2ncnc(N)c21. The van der Waals surface area contributed by atoms with Crippen LogP contribution in [-0.4, -0.2) is 90.1 Å². The van der Waals surface area contributed by atoms with E-state index in [1.54, 1.807) is 10.9 Å². The zero-order valence-electron chi connectivity index (χ0n) is 16.7. The van der Waals surface area contributed by atoms with Crippen molar-refractivity contribution < 1.29 is 20.1 Å². The van der Waals surface area contributed by atoms with Crippen LogP contribution in [0.2, 0.25) is 0 Å². The van der Waals surface area contributed by atoms with Crippen molar-refractivity contribution in [2.45, 2.75) is 45.0 Å². The maximum absolute atomic E-state index is 10.2. The first-order chi connectivity index (χ1) is 13.8. The van der Waals surface area contributed by atoms with E-state index in [1.165, 1.54) is 6.33 Å². The van der Waals surface area contributed by atoms with Crippen molar-refractivity contribution in [2.75, 3.05) is 32.0 Å². The molecule has 12 heteroatoms.